The van der Waals surface area contributed by atoms with Crippen LogP contribution in [0.4, 0.5) is 27.4 Å². The van der Waals surface area contributed by atoms with Crippen molar-refractivity contribution in [2.75, 3.05) is 41.8 Å². The van der Waals surface area contributed by atoms with Gasteiger partial charge >= 0.3 is 0 Å². The highest BCUT2D eigenvalue weighted by atomic mass is 35.5. The van der Waals surface area contributed by atoms with E-state index >= 15 is 0 Å². The minimum absolute atomic E-state index is 0.277. The molecule has 4 aromatic rings. The van der Waals surface area contributed by atoms with Gasteiger partial charge in [-0.1, -0.05) is 18.2 Å². The number of fused-ring (bicyclic) bond motifs is 1. The first-order valence-corrected chi connectivity index (χ1v) is 11.8. The largest absolute Gasteiger partial charge is 0.378 e. The van der Waals surface area contributed by atoms with Crippen molar-refractivity contribution >= 4 is 51.4 Å². The topological polar surface area (TPSA) is 84.3 Å². The summed E-state index contributed by atoms with van der Waals surface area (Å²) >= 11 is 6.46. The Hall–Kier alpha value is -3.95. The monoisotopic (exact) mass is 506 g/mol. The molecule has 0 saturated carbocycles. The van der Waals surface area contributed by atoms with Gasteiger partial charge in [-0.05, 0) is 55.0 Å². The zero-order valence-corrected chi connectivity index (χ0v) is 20.3. The molecule has 2 aromatic carbocycles. The number of hydrogen-bond acceptors (Lipinski definition) is 6. The molecule has 0 radical (unpaired) electrons. The van der Waals surface area contributed by atoms with Crippen LogP contribution in [0.5, 0.6) is 0 Å². The number of benzene rings is 2. The summed E-state index contributed by atoms with van der Waals surface area (Å²) in [6.07, 6.45) is 4.58. The van der Waals surface area contributed by atoms with Gasteiger partial charge < -0.3 is 20.3 Å². The van der Waals surface area contributed by atoms with Crippen molar-refractivity contribution in [3.63, 3.8) is 0 Å². The predicted octanol–water partition coefficient (Wildman–Crippen LogP) is 5.23. The van der Waals surface area contributed by atoms with Crippen molar-refractivity contribution in [1.82, 2.24) is 14.5 Å². The summed E-state index contributed by atoms with van der Waals surface area (Å²) in [6.45, 7) is 7.89. The Morgan fingerprint density at radius 2 is 2.03 bits per heavy atom. The maximum atomic E-state index is 14.8. The molecule has 184 valence electrons. The third-order valence-electron chi connectivity index (χ3n) is 6.09. The lowest BCUT2D eigenvalue weighted by molar-refractivity contribution is -0.111. The highest BCUT2D eigenvalue weighted by molar-refractivity contribution is 6.32. The fourth-order valence-corrected chi connectivity index (χ4v) is 4.41. The van der Waals surface area contributed by atoms with Gasteiger partial charge in [0.2, 0.25) is 11.9 Å². The number of amides is 1. The SMILES string of the molecule is C=CC(=O)Nc1ccc2c(ccn2-c2nc(Nc3ccc(N4CCOCC4)c(F)c3)ncc2Cl)c1C. The van der Waals surface area contributed by atoms with Gasteiger partial charge in [-0.25, -0.2) is 9.37 Å². The lowest BCUT2D eigenvalue weighted by atomic mass is 10.1. The minimum Gasteiger partial charge on any atom is -0.378 e. The Kier molecular flexibility index (Phi) is 6.58. The van der Waals surface area contributed by atoms with Crippen LogP contribution >= 0.6 is 11.6 Å². The van der Waals surface area contributed by atoms with Crippen molar-refractivity contribution in [1.29, 1.82) is 0 Å². The number of aromatic nitrogens is 3. The molecule has 0 spiro atoms. The Morgan fingerprint density at radius 1 is 1.22 bits per heavy atom. The van der Waals surface area contributed by atoms with Crippen molar-refractivity contribution in [2.24, 2.45) is 0 Å². The number of carbonyl (C=O) groups is 1. The number of nitrogens with one attached hydrogen (secondary N) is 2. The normalized spacial score (nSPS) is 13.6. The molecule has 5 rings (SSSR count). The smallest absolute Gasteiger partial charge is 0.247 e. The van der Waals surface area contributed by atoms with Crippen LogP contribution in [0, 0.1) is 12.7 Å². The minimum atomic E-state index is -0.331. The molecule has 2 N–H and O–H groups in total. The molecule has 10 heteroatoms. The second-order valence-electron chi connectivity index (χ2n) is 8.31. The quantitative estimate of drug-likeness (QED) is 0.348. The van der Waals surface area contributed by atoms with Gasteiger partial charge in [0.05, 0.1) is 30.6 Å². The standard InChI is InChI=1S/C26H24ClFN6O2/c1-3-24(35)31-21-5-7-22-18(16(21)2)8-9-34(22)25-19(27)15-29-26(32-25)30-17-4-6-23(20(28)14-17)33-10-12-36-13-11-33/h3-9,14-15H,1,10-13H2,2H3,(H,31,35)(H,29,30,32). The highest BCUT2D eigenvalue weighted by Gasteiger charge is 2.17. The Labute approximate surface area is 212 Å². The van der Waals surface area contributed by atoms with E-state index in [2.05, 4.69) is 27.2 Å². The number of hydrogen-bond donors (Lipinski definition) is 2. The second kappa shape index (κ2) is 9.96. The molecular formula is C26H24ClFN6O2. The molecule has 36 heavy (non-hydrogen) atoms. The van der Waals surface area contributed by atoms with Crippen LogP contribution in [-0.4, -0.2) is 46.7 Å². The van der Waals surface area contributed by atoms with E-state index in [0.29, 0.717) is 54.2 Å². The van der Waals surface area contributed by atoms with Gasteiger partial charge in [-0.2, -0.15) is 4.98 Å². The first kappa shape index (κ1) is 23.8. The van der Waals surface area contributed by atoms with Gasteiger partial charge in [-0.3, -0.25) is 9.36 Å². The fourth-order valence-electron chi connectivity index (χ4n) is 4.23. The number of nitrogens with zero attached hydrogens (tertiary/aromatic N) is 4. The summed E-state index contributed by atoms with van der Waals surface area (Å²) in [6, 6.07) is 10.6. The third-order valence-corrected chi connectivity index (χ3v) is 6.36. The molecule has 0 aliphatic carbocycles. The Bertz CT molecular complexity index is 1460. The number of aryl methyl sites for hydroxylation is 1. The number of carbonyl (C=O) groups excluding carboxylic acids is 1. The third kappa shape index (κ3) is 4.62. The zero-order chi connectivity index (χ0) is 25.2. The van der Waals surface area contributed by atoms with Crippen LogP contribution in [0.2, 0.25) is 5.02 Å². The summed E-state index contributed by atoms with van der Waals surface area (Å²) in [5.74, 6) is 0.140. The van der Waals surface area contributed by atoms with E-state index in [4.69, 9.17) is 16.3 Å². The van der Waals surface area contributed by atoms with E-state index in [1.165, 1.54) is 18.3 Å². The highest BCUT2D eigenvalue weighted by Crippen LogP contribution is 2.31. The Morgan fingerprint density at radius 3 is 2.78 bits per heavy atom. The van der Waals surface area contributed by atoms with Gasteiger partial charge in [0.1, 0.15) is 10.8 Å². The molecule has 1 fully saturated rings. The van der Waals surface area contributed by atoms with E-state index in [1.54, 1.807) is 12.1 Å². The van der Waals surface area contributed by atoms with E-state index in [1.807, 2.05) is 40.8 Å². The van der Waals surface area contributed by atoms with Gasteiger partial charge in [0, 0.05) is 36.0 Å². The second-order valence-corrected chi connectivity index (χ2v) is 8.71. The average Bonchev–Trinajstić information content (AvgIpc) is 3.32. The molecule has 1 aliphatic heterocycles. The maximum absolute atomic E-state index is 14.8. The van der Waals surface area contributed by atoms with Crippen LogP contribution < -0.4 is 15.5 Å². The van der Waals surface area contributed by atoms with Crippen molar-refractivity contribution < 1.29 is 13.9 Å². The molecule has 2 aromatic heterocycles. The molecule has 1 amide bonds. The van der Waals surface area contributed by atoms with E-state index in [9.17, 15) is 9.18 Å². The lowest BCUT2D eigenvalue weighted by Crippen LogP contribution is -2.36. The number of morpholine rings is 1. The zero-order valence-electron chi connectivity index (χ0n) is 19.6. The van der Waals surface area contributed by atoms with Crippen LogP contribution in [0.3, 0.4) is 0 Å². The molecule has 8 nitrogen and oxygen atoms in total. The maximum Gasteiger partial charge on any atom is 0.247 e. The van der Waals surface area contributed by atoms with E-state index in [0.717, 1.165) is 16.5 Å². The van der Waals surface area contributed by atoms with Gasteiger partial charge in [0.15, 0.2) is 5.82 Å². The van der Waals surface area contributed by atoms with Crippen LogP contribution in [0.25, 0.3) is 16.7 Å². The molecular weight excluding hydrogens is 483 g/mol. The Balaban J connectivity index is 1.43. The lowest BCUT2D eigenvalue weighted by Gasteiger charge is -2.29. The number of halogens is 2. The summed E-state index contributed by atoms with van der Waals surface area (Å²) in [5.41, 5.74) is 3.52. The molecule has 1 saturated heterocycles. The first-order valence-electron chi connectivity index (χ1n) is 11.4. The van der Waals surface area contributed by atoms with Crippen LogP contribution in [0.15, 0.2) is 61.4 Å². The summed E-state index contributed by atoms with van der Waals surface area (Å²) in [7, 11) is 0. The fraction of sp³-hybridized carbons (Fsp3) is 0.192. The summed E-state index contributed by atoms with van der Waals surface area (Å²) in [5, 5.41) is 7.16. The predicted molar refractivity (Wildman–Crippen MR) is 140 cm³/mol. The van der Waals surface area contributed by atoms with E-state index < -0.39 is 0 Å². The molecule has 1 aliphatic rings. The van der Waals surface area contributed by atoms with Gasteiger partial charge in [-0.15, -0.1) is 0 Å². The van der Waals surface area contributed by atoms with Gasteiger partial charge in [0.25, 0.3) is 0 Å². The number of ether oxygens (including phenoxy) is 1. The van der Waals surface area contributed by atoms with Crippen molar-refractivity contribution in [2.45, 2.75) is 6.92 Å². The summed E-state index contributed by atoms with van der Waals surface area (Å²) in [4.78, 5) is 22.6. The van der Waals surface area contributed by atoms with Crippen LogP contribution in [-0.2, 0) is 9.53 Å². The first-order chi connectivity index (χ1) is 17.4. The number of anilines is 4. The van der Waals surface area contributed by atoms with Crippen molar-refractivity contribution in [3.05, 3.63) is 77.9 Å². The average molecular weight is 507 g/mol. The molecule has 0 bridgehead atoms. The number of rotatable bonds is 6. The molecule has 0 atom stereocenters. The van der Waals surface area contributed by atoms with Crippen molar-refractivity contribution in [3.8, 4) is 5.82 Å². The molecule has 0 unspecified atom stereocenters. The van der Waals surface area contributed by atoms with E-state index in [-0.39, 0.29) is 17.7 Å². The molecule has 3 heterocycles. The summed E-state index contributed by atoms with van der Waals surface area (Å²) < 4.78 is 22.0. The van der Waals surface area contributed by atoms with Crippen LogP contribution in [0.1, 0.15) is 5.56 Å².